The lowest BCUT2D eigenvalue weighted by atomic mass is 9.95. The van der Waals surface area contributed by atoms with E-state index >= 15 is 0 Å². The van der Waals surface area contributed by atoms with Gasteiger partial charge in [-0.05, 0) is 62.7 Å². The van der Waals surface area contributed by atoms with Gasteiger partial charge in [-0.25, -0.2) is 24.3 Å². The van der Waals surface area contributed by atoms with Gasteiger partial charge in [0, 0.05) is 54.5 Å². The molecule has 3 aromatic heterocycles. The zero-order valence-electron chi connectivity index (χ0n) is 21.3. The van der Waals surface area contributed by atoms with Gasteiger partial charge >= 0.3 is 0 Å². The van der Waals surface area contributed by atoms with Crippen LogP contribution in [0.15, 0.2) is 59.3 Å². The van der Waals surface area contributed by atoms with Crippen LogP contribution < -0.4 is 10.5 Å². The maximum Gasteiger partial charge on any atom is 0.291 e. The van der Waals surface area contributed by atoms with E-state index in [4.69, 9.17) is 14.9 Å². The van der Waals surface area contributed by atoms with Gasteiger partial charge in [-0.15, -0.1) is 0 Å². The Morgan fingerprint density at radius 2 is 1.79 bits per heavy atom. The molecule has 2 N–H and O–H groups in total. The highest BCUT2D eigenvalue weighted by Gasteiger charge is 2.59. The molecule has 0 bridgehead atoms. The summed E-state index contributed by atoms with van der Waals surface area (Å²) in [5.41, 5.74) is 8.58. The average Bonchev–Trinajstić information content (AvgIpc) is 3.22. The molecule has 2 fully saturated rings. The number of aromatic nitrogens is 4. The first-order valence-corrected chi connectivity index (χ1v) is 12.5. The summed E-state index contributed by atoms with van der Waals surface area (Å²) in [7, 11) is 0. The first-order valence-electron chi connectivity index (χ1n) is 12.5. The second-order valence-corrected chi connectivity index (χ2v) is 10.4. The van der Waals surface area contributed by atoms with E-state index in [2.05, 4.69) is 19.9 Å². The molecule has 1 aliphatic carbocycles. The molecular weight excluding hydrogens is 487 g/mol. The van der Waals surface area contributed by atoms with Gasteiger partial charge in [-0.2, -0.15) is 0 Å². The number of oxazole rings is 1. The van der Waals surface area contributed by atoms with Crippen molar-refractivity contribution in [2.24, 2.45) is 17.6 Å². The van der Waals surface area contributed by atoms with Crippen molar-refractivity contribution >= 4 is 5.91 Å². The van der Waals surface area contributed by atoms with Crippen LogP contribution >= 0.6 is 0 Å². The fraction of sp³-hybridized carbons (Fsp3) is 0.321. The summed E-state index contributed by atoms with van der Waals surface area (Å²) in [5, 5.41) is 0. The summed E-state index contributed by atoms with van der Waals surface area (Å²) in [4.78, 5) is 32.3. The largest absolute Gasteiger partial charge is 0.474 e. The summed E-state index contributed by atoms with van der Waals surface area (Å²) in [6.45, 7) is 6.67. The van der Waals surface area contributed by atoms with Gasteiger partial charge in [-0.1, -0.05) is 0 Å². The molecule has 10 heteroatoms. The third-order valence-corrected chi connectivity index (χ3v) is 7.09. The maximum atomic E-state index is 13.5. The van der Waals surface area contributed by atoms with Crippen molar-refractivity contribution in [3.8, 4) is 28.9 Å². The molecule has 0 spiro atoms. The summed E-state index contributed by atoms with van der Waals surface area (Å²) in [5.74, 6) is 1.12. The van der Waals surface area contributed by atoms with Crippen LogP contribution in [0.4, 0.5) is 4.39 Å². The first kappa shape index (κ1) is 24.2. The third kappa shape index (κ3) is 4.51. The summed E-state index contributed by atoms with van der Waals surface area (Å²) >= 11 is 0. The number of pyridine rings is 1. The van der Waals surface area contributed by atoms with Crippen LogP contribution in [-0.2, 0) is 5.54 Å². The molecular formula is C28H27FN6O3. The van der Waals surface area contributed by atoms with Gasteiger partial charge in [0.2, 0.25) is 17.5 Å². The molecule has 1 unspecified atom stereocenters. The molecule has 1 aromatic carbocycles. The standard InChI is InChI=1S/C28H27FN6O3/c1-15-23(38-26(33-15)25-31-9-4-10-32-25)27(36)35-13-19-20(14-35)24(19)37-22-12-17(28(2,3)30)11-21(34-22)16-5-7-18(29)8-6-16/h4-12,19-20,24H,13-14,30H2,1-3H3/t19-,20?,24+/m1/s1. The molecule has 38 heavy (non-hydrogen) atoms. The predicted octanol–water partition coefficient (Wildman–Crippen LogP) is 3.98. The van der Waals surface area contributed by atoms with Crippen molar-refractivity contribution in [2.45, 2.75) is 32.4 Å². The van der Waals surface area contributed by atoms with Crippen molar-refractivity contribution < 1.29 is 18.3 Å². The molecule has 194 valence electrons. The van der Waals surface area contributed by atoms with Gasteiger partial charge in [0.25, 0.3) is 11.8 Å². The Labute approximate surface area is 218 Å². The smallest absolute Gasteiger partial charge is 0.291 e. The Balaban J connectivity index is 1.16. The number of hydrogen-bond acceptors (Lipinski definition) is 8. The fourth-order valence-corrected chi connectivity index (χ4v) is 4.90. The van der Waals surface area contributed by atoms with Gasteiger partial charge in [-0.3, -0.25) is 4.79 Å². The van der Waals surface area contributed by atoms with Crippen molar-refractivity contribution in [3.05, 3.63) is 77.7 Å². The lowest BCUT2D eigenvalue weighted by molar-refractivity contribution is 0.0719. The molecule has 4 aromatic rings. The predicted molar refractivity (Wildman–Crippen MR) is 136 cm³/mol. The number of nitrogens with two attached hydrogens (primary N) is 1. The number of benzene rings is 1. The van der Waals surface area contributed by atoms with Gasteiger partial charge in [0.1, 0.15) is 11.9 Å². The molecule has 3 atom stereocenters. The monoisotopic (exact) mass is 514 g/mol. The number of piperidine rings is 1. The lowest BCUT2D eigenvalue weighted by Gasteiger charge is -2.22. The molecule has 2 aliphatic rings. The number of halogens is 1. The highest BCUT2D eigenvalue weighted by atomic mass is 19.1. The number of ether oxygens (including phenoxy) is 1. The van der Waals surface area contributed by atoms with E-state index in [9.17, 15) is 9.18 Å². The van der Waals surface area contributed by atoms with E-state index in [0.29, 0.717) is 36.2 Å². The lowest BCUT2D eigenvalue weighted by Crippen LogP contribution is -2.33. The molecule has 0 radical (unpaired) electrons. The van der Waals surface area contributed by atoms with Crippen molar-refractivity contribution in [1.29, 1.82) is 0 Å². The molecule has 4 heterocycles. The second kappa shape index (κ2) is 8.98. The number of nitrogens with zero attached hydrogens (tertiary/aromatic N) is 5. The molecule has 1 saturated carbocycles. The van der Waals surface area contributed by atoms with E-state index in [0.717, 1.165) is 11.1 Å². The highest BCUT2D eigenvalue weighted by Crippen LogP contribution is 2.48. The molecule has 9 nitrogen and oxygen atoms in total. The summed E-state index contributed by atoms with van der Waals surface area (Å²) in [6, 6.07) is 11.6. The Bertz CT molecular complexity index is 1490. The second-order valence-electron chi connectivity index (χ2n) is 10.4. The van der Waals surface area contributed by atoms with Gasteiger partial charge < -0.3 is 19.8 Å². The Morgan fingerprint density at radius 3 is 2.45 bits per heavy atom. The Hall–Kier alpha value is -4.18. The third-order valence-electron chi connectivity index (χ3n) is 7.09. The number of rotatable bonds is 6. The van der Waals surface area contributed by atoms with Crippen LogP contribution in [0.3, 0.4) is 0 Å². The number of aryl methyl sites for hydroxylation is 1. The highest BCUT2D eigenvalue weighted by molar-refractivity contribution is 5.93. The minimum absolute atomic E-state index is 0.0483. The summed E-state index contributed by atoms with van der Waals surface area (Å²) in [6.07, 6.45) is 3.14. The number of fused-ring (bicyclic) bond motifs is 1. The average molecular weight is 515 g/mol. The summed E-state index contributed by atoms with van der Waals surface area (Å²) < 4.78 is 25.5. The fourth-order valence-electron chi connectivity index (χ4n) is 4.90. The molecule has 1 amide bonds. The number of amides is 1. The number of likely N-dealkylation sites (tertiary alicyclic amines) is 1. The Morgan fingerprint density at radius 1 is 1.11 bits per heavy atom. The van der Waals surface area contributed by atoms with E-state index < -0.39 is 5.54 Å². The van der Waals surface area contributed by atoms with Crippen LogP contribution in [0.2, 0.25) is 0 Å². The van der Waals surface area contributed by atoms with Crippen LogP contribution in [0.1, 0.15) is 35.7 Å². The van der Waals surface area contributed by atoms with Crippen molar-refractivity contribution in [3.63, 3.8) is 0 Å². The van der Waals surface area contributed by atoms with E-state index in [-0.39, 0.29) is 41.3 Å². The number of carbonyl (C=O) groups excluding carboxylic acids is 1. The van der Waals surface area contributed by atoms with Crippen molar-refractivity contribution in [2.75, 3.05) is 13.1 Å². The van der Waals surface area contributed by atoms with Crippen LogP contribution in [0.5, 0.6) is 5.88 Å². The van der Waals surface area contributed by atoms with Crippen LogP contribution in [0, 0.1) is 24.6 Å². The van der Waals surface area contributed by atoms with E-state index in [1.54, 1.807) is 42.4 Å². The molecule has 1 aliphatic heterocycles. The molecule has 1 saturated heterocycles. The van der Waals surface area contributed by atoms with Gasteiger partial charge in [0.15, 0.2) is 0 Å². The SMILES string of the molecule is Cc1nc(-c2ncccn2)oc1C(=O)N1CC2[C@@H](C1)[C@@H]2Oc1cc(C(C)(C)N)cc(-c2ccc(F)cc2)n1. The number of hydrogen-bond donors (Lipinski definition) is 1. The number of carbonyl (C=O) groups is 1. The minimum Gasteiger partial charge on any atom is -0.474 e. The van der Waals surface area contributed by atoms with E-state index in [1.807, 2.05) is 26.0 Å². The zero-order valence-corrected chi connectivity index (χ0v) is 21.3. The Kier molecular flexibility index (Phi) is 5.71. The van der Waals surface area contributed by atoms with Crippen molar-refractivity contribution in [1.82, 2.24) is 24.8 Å². The maximum absolute atomic E-state index is 13.5. The minimum atomic E-state index is -0.614. The topological polar surface area (TPSA) is 120 Å². The van der Waals surface area contributed by atoms with E-state index in [1.165, 1.54) is 12.1 Å². The quantitative estimate of drug-likeness (QED) is 0.410. The van der Waals surface area contributed by atoms with Crippen LogP contribution in [0.25, 0.3) is 23.0 Å². The molecule has 6 rings (SSSR count). The first-order chi connectivity index (χ1) is 18.2. The van der Waals surface area contributed by atoms with Crippen LogP contribution in [-0.4, -0.2) is 49.9 Å². The normalized spacial score (nSPS) is 20.3. The zero-order chi connectivity index (χ0) is 26.6. The van der Waals surface area contributed by atoms with Gasteiger partial charge in [0.05, 0.1) is 11.4 Å².